The first kappa shape index (κ1) is 14.0. The number of nitrogens with zero attached hydrogens (tertiary/aromatic N) is 1. The van der Waals surface area contributed by atoms with Crippen molar-refractivity contribution in [1.82, 2.24) is 5.32 Å². The number of hydrogen-bond acceptors (Lipinski definition) is 2. The molecule has 17 heavy (non-hydrogen) atoms. The molecule has 0 fully saturated rings. The molecule has 1 aromatic rings. The number of likely N-dealkylation sites (N-methyl/N-ethyl adjacent to an activating group) is 1. The molecule has 1 unspecified atom stereocenters. The van der Waals surface area contributed by atoms with Crippen LogP contribution in [0.4, 0.5) is 5.69 Å². The normalized spacial score (nSPS) is 13.5. The molecule has 0 bridgehead atoms. The molecule has 1 atom stereocenters. The van der Waals surface area contributed by atoms with Gasteiger partial charge in [0.1, 0.15) is 0 Å². The summed E-state index contributed by atoms with van der Waals surface area (Å²) in [4.78, 5) is 2.36. The Labute approximate surface area is 106 Å². The maximum absolute atomic E-state index is 3.58. The Kier molecular flexibility index (Phi) is 5.01. The van der Waals surface area contributed by atoms with Crippen LogP contribution < -0.4 is 10.2 Å². The predicted molar refractivity (Wildman–Crippen MR) is 76.7 cm³/mol. The lowest BCUT2D eigenvalue weighted by molar-refractivity contribution is 0.397. The molecule has 0 heterocycles. The van der Waals surface area contributed by atoms with Crippen molar-refractivity contribution in [2.45, 2.75) is 45.7 Å². The fourth-order valence-corrected chi connectivity index (χ4v) is 1.85. The van der Waals surface area contributed by atoms with Crippen LogP contribution >= 0.6 is 0 Å². The lowest BCUT2D eigenvalue weighted by atomic mass is 10.1. The summed E-state index contributed by atoms with van der Waals surface area (Å²) < 4.78 is 0. The van der Waals surface area contributed by atoms with E-state index in [0.29, 0.717) is 6.04 Å². The zero-order chi connectivity index (χ0) is 12.9. The van der Waals surface area contributed by atoms with Crippen molar-refractivity contribution in [3.05, 3.63) is 30.3 Å². The van der Waals surface area contributed by atoms with Gasteiger partial charge in [-0.15, -0.1) is 0 Å². The van der Waals surface area contributed by atoms with E-state index in [1.54, 1.807) is 0 Å². The molecule has 2 nitrogen and oxygen atoms in total. The molecule has 0 saturated carbocycles. The van der Waals surface area contributed by atoms with E-state index in [1.807, 2.05) is 0 Å². The fraction of sp³-hybridized carbons (Fsp3) is 0.600. The largest absolute Gasteiger partial charge is 0.370 e. The lowest BCUT2D eigenvalue weighted by Gasteiger charge is -2.32. The molecule has 1 N–H and O–H groups in total. The smallest absolute Gasteiger partial charge is 0.0408 e. The molecule has 0 saturated heterocycles. The second kappa shape index (κ2) is 6.06. The van der Waals surface area contributed by atoms with Crippen LogP contribution in [-0.4, -0.2) is 25.2 Å². The van der Waals surface area contributed by atoms with E-state index in [4.69, 9.17) is 0 Å². The Balaban J connectivity index is 2.62. The number of para-hydroxylation sites is 1. The highest BCUT2D eigenvalue weighted by Crippen LogP contribution is 2.16. The molecule has 1 aromatic carbocycles. The monoisotopic (exact) mass is 234 g/mol. The van der Waals surface area contributed by atoms with Gasteiger partial charge in [0, 0.05) is 30.9 Å². The lowest BCUT2D eigenvalue weighted by Crippen LogP contribution is -2.46. The van der Waals surface area contributed by atoms with Crippen molar-refractivity contribution in [1.29, 1.82) is 0 Å². The number of rotatable bonds is 5. The van der Waals surface area contributed by atoms with Gasteiger partial charge in [-0.05, 0) is 39.3 Å². The second-order valence-electron chi connectivity index (χ2n) is 5.64. The minimum Gasteiger partial charge on any atom is -0.370 e. The maximum Gasteiger partial charge on any atom is 0.0408 e. The van der Waals surface area contributed by atoms with E-state index < -0.39 is 0 Å². The van der Waals surface area contributed by atoms with E-state index in [2.05, 4.69) is 75.3 Å². The highest BCUT2D eigenvalue weighted by Gasteiger charge is 2.16. The first-order chi connectivity index (χ1) is 7.94. The molecular formula is C15H26N2. The third kappa shape index (κ3) is 4.78. The van der Waals surface area contributed by atoms with Gasteiger partial charge in [-0.3, -0.25) is 0 Å². The average molecular weight is 234 g/mol. The van der Waals surface area contributed by atoms with Crippen LogP contribution in [0.5, 0.6) is 0 Å². The molecule has 0 aromatic heterocycles. The Morgan fingerprint density at radius 2 is 1.76 bits per heavy atom. The molecule has 0 aliphatic carbocycles. The summed E-state index contributed by atoms with van der Waals surface area (Å²) >= 11 is 0. The number of nitrogens with one attached hydrogen (secondary N) is 1. The van der Waals surface area contributed by atoms with Crippen LogP contribution in [0.3, 0.4) is 0 Å². The fourth-order valence-electron chi connectivity index (χ4n) is 1.85. The Morgan fingerprint density at radius 1 is 1.18 bits per heavy atom. The summed E-state index contributed by atoms with van der Waals surface area (Å²) in [5.74, 6) is 0. The number of benzene rings is 1. The van der Waals surface area contributed by atoms with Crippen molar-refractivity contribution in [3.63, 3.8) is 0 Å². The number of anilines is 1. The molecule has 0 amide bonds. The van der Waals surface area contributed by atoms with E-state index >= 15 is 0 Å². The van der Waals surface area contributed by atoms with Crippen LogP contribution in [0.25, 0.3) is 0 Å². The summed E-state index contributed by atoms with van der Waals surface area (Å²) in [6.07, 6.45) is 1.15. The third-order valence-corrected chi connectivity index (χ3v) is 3.05. The van der Waals surface area contributed by atoms with Crippen LogP contribution in [0.15, 0.2) is 30.3 Å². The molecule has 96 valence electrons. The first-order valence-corrected chi connectivity index (χ1v) is 6.47. The first-order valence-electron chi connectivity index (χ1n) is 6.47. The summed E-state index contributed by atoms with van der Waals surface area (Å²) in [5, 5.41) is 3.58. The van der Waals surface area contributed by atoms with E-state index in [0.717, 1.165) is 13.0 Å². The summed E-state index contributed by atoms with van der Waals surface area (Å²) in [6, 6.07) is 11.1. The van der Waals surface area contributed by atoms with Crippen molar-refractivity contribution in [3.8, 4) is 0 Å². The molecule has 0 radical (unpaired) electrons. The molecular weight excluding hydrogens is 208 g/mol. The van der Waals surface area contributed by atoms with Crippen LogP contribution in [-0.2, 0) is 0 Å². The average Bonchev–Trinajstić information content (AvgIpc) is 2.29. The van der Waals surface area contributed by atoms with Gasteiger partial charge in [0.05, 0.1) is 0 Å². The molecule has 2 heteroatoms. The van der Waals surface area contributed by atoms with Gasteiger partial charge in [-0.2, -0.15) is 0 Å². The summed E-state index contributed by atoms with van der Waals surface area (Å²) in [5.41, 5.74) is 1.47. The van der Waals surface area contributed by atoms with Gasteiger partial charge >= 0.3 is 0 Å². The minimum absolute atomic E-state index is 0.185. The molecule has 0 aliphatic heterocycles. The molecule has 0 aliphatic rings. The maximum atomic E-state index is 3.58. The highest BCUT2D eigenvalue weighted by atomic mass is 15.2. The minimum atomic E-state index is 0.185. The molecule has 1 rings (SSSR count). The standard InChI is InChI=1S/C15H26N2/c1-6-13(12-16-15(2,3)4)17(5)14-10-8-7-9-11-14/h7-11,13,16H,6,12H2,1-5H3. The van der Waals surface area contributed by atoms with Gasteiger partial charge in [0.2, 0.25) is 0 Å². The Morgan fingerprint density at radius 3 is 2.24 bits per heavy atom. The van der Waals surface area contributed by atoms with E-state index in [1.165, 1.54) is 5.69 Å². The van der Waals surface area contributed by atoms with E-state index in [-0.39, 0.29) is 5.54 Å². The quantitative estimate of drug-likeness (QED) is 0.841. The van der Waals surface area contributed by atoms with Gasteiger partial charge in [0.15, 0.2) is 0 Å². The number of hydrogen-bond donors (Lipinski definition) is 1. The van der Waals surface area contributed by atoms with Gasteiger partial charge in [0.25, 0.3) is 0 Å². The topological polar surface area (TPSA) is 15.3 Å². The van der Waals surface area contributed by atoms with E-state index in [9.17, 15) is 0 Å². The van der Waals surface area contributed by atoms with Gasteiger partial charge < -0.3 is 10.2 Å². The summed E-state index contributed by atoms with van der Waals surface area (Å²) in [6.45, 7) is 9.90. The van der Waals surface area contributed by atoms with Gasteiger partial charge in [-0.1, -0.05) is 25.1 Å². The Bertz CT molecular complexity index is 313. The van der Waals surface area contributed by atoms with Crippen molar-refractivity contribution < 1.29 is 0 Å². The van der Waals surface area contributed by atoms with Crippen LogP contribution in [0, 0.1) is 0 Å². The Hall–Kier alpha value is -1.02. The zero-order valence-corrected chi connectivity index (χ0v) is 11.8. The molecule has 0 spiro atoms. The van der Waals surface area contributed by atoms with Crippen LogP contribution in [0.2, 0.25) is 0 Å². The predicted octanol–water partition coefficient (Wildman–Crippen LogP) is 3.29. The van der Waals surface area contributed by atoms with Gasteiger partial charge in [-0.25, -0.2) is 0 Å². The second-order valence-corrected chi connectivity index (χ2v) is 5.64. The third-order valence-electron chi connectivity index (χ3n) is 3.05. The zero-order valence-electron chi connectivity index (χ0n) is 11.8. The van der Waals surface area contributed by atoms with Crippen molar-refractivity contribution in [2.75, 3.05) is 18.5 Å². The van der Waals surface area contributed by atoms with Crippen LogP contribution in [0.1, 0.15) is 34.1 Å². The van der Waals surface area contributed by atoms with Crippen molar-refractivity contribution >= 4 is 5.69 Å². The SMILES string of the molecule is CCC(CNC(C)(C)C)N(C)c1ccccc1. The highest BCUT2D eigenvalue weighted by molar-refractivity contribution is 5.46. The summed E-state index contributed by atoms with van der Waals surface area (Å²) in [7, 11) is 2.17. The van der Waals surface area contributed by atoms with Crippen molar-refractivity contribution in [2.24, 2.45) is 0 Å².